The van der Waals surface area contributed by atoms with Crippen LogP contribution in [-0.4, -0.2) is 23.7 Å². The number of unbranched alkanes of at least 4 members (excludes halogenated alkanes) is 1. The van der Waals surface area contributed by atoms with Crippen LogP contribution >= 0.6 is 0 Å². The predicted octanol–water partition coefficient (Wildman–Crippen LogP) is 4.45. The van der Waals surface area contributed by atoms with Gasteiger partial charge in [0, 0.05) is 12.0 Å². The van der Waals surface area contributed by atoms with Crippen molar-refractivity contribution in [3.05, 3.63) is 29.3 Å². The fourth-order valence-corrected chi connectivity index (χ4v) is 2.17. The molecule has 1 aromatic rings. The number of esters is 1. The van der Waals surface area contributed by atoms with Crippen LogP contribution in [0.3, 0.4) is 0 Å². The Morgan fingerprint density at radius 1 is 1.08 bits per heavy atom. The van der Waals surface area contributed by atoms with Gasteiger partial charge in [-0.2, -0.15) is 0 Å². The van der Waals surface area contributed by atoms with E-state index >= 15 is 0 Å². The monoisotopic (exact) mass is 334 g/mol. The molecule has 0 atom stereocenters. The number of carbonyl (C=O) groups is 2. The Kier molecular flexibility index (Phi) is 8.61. The largest absolute Gasteiger partial charge is 0.490 e. The molecular formula is C19H26O5. The highest BCUT2D eigenvalue weighted by Crippen LogP contribution is 2.30. The molecule has 0 fully saturated rings. The number of benzene rings is 1. The Hall–Kier alpha value is -2.30. The summed E-state index contributed by atoms with van der Waals surface area (Å²) in [6.07, 6.45) is 4.94. The number of hydrogen-bond acceptors (Lipinski definition) is 4. The van der Waals surface area contributed by atoms with Crippen LogP contribution in [0.15, 0.2) is 23.8 Å². The Bertz CT molecular complexity index is 589. The topological polar surface area (TPSA) is 72.8 Å². The summed E-state index contributed by atoms with van der Waals surface area (Å²) < 4.78 is 10.9. The van der Waals surface area contributed by atoms with Crippen molar-refractivity contribution in [2.45, 2.75) is 52.9 Å². The van der Waals surface area contributed by atoms with E-state index in [0.29, 0.717) is 42.1 Å². The molecule has 132 valence electrons. The molecule has 5 nitrogen and oxygen atoms in total. The lowest BCUT2D eigenvalue weighted by Gasteiger charge is -2.11. The number of ether oxygens (including phenoxy) is 2. The van der Waals surface area contributed by atoms with Crippen LogP contribution in [0.25, 0.3) is 6.08 Å². The maximum atomic E-state index is 11.8. The number of aliphatic carboxylic acids is 1. The number of carbonyl (C=O) groups excluding carboxylic acids is 1. The molecule has 1 rings (SSSR count). The smallest absolute Gasteiger partial charge is 0.331 e. The molecule has 0 aliphatic heterocycles. The van der Waals surface area contributed by atoms with Gasteiger partial charge in [-0.25, -0.2) is 4.79 Å². The number of carboxylic acid groups (broad SMARTS) is 1. The van der Waals surface area contributed by atoms with E-state index in [1.54, 1.807) is 24.3 Å². The quantitative estimate of drug-likeness (QED) is 0.389. The Morgan fingerprint density at radius 3 is 2.42 bits per heavy atom. The summed E-state index contributed by atoms with van der Waals surface area (Å²) in [4.78, 5) is 23.0. The van der Waals surface area contributed by atoms with Gasteiger partial charge in [0.1, 0.15) is 0 Å². The average Bonchev–Trinajstić information content (AvgIpc) is 2.55. The van der Waals surface area contributed by atoms with E-state index in [4.69, 9.17) is 9.47 Å². The third kappa shape index (κ3) is 6.44. The van der Waals surface area contributed by atoms with Gasteiger partial charge in [0.05, 0.1) is 6.61 Å². The Morgan fingerprint density at radius 2 is 1.83 bits per heavy atom. The van der Waals surface area contributed by atoms with E-state index in [0.717, 1.165) is 19.3 Å². The molecule has 0 aliphatic rings. The molecular weight excluding hydrogens is 308 g/mol. The van der Waals surface area contributed by atoms with E-state index in [-0.39, 0.29) is 5.97 Å². The van der Waals surface area contributed by atoms with Gasteiger partial charge in [-0.15, -0.1) is 0 Å². The fourth-order valence-electron chi connectivity index (χ4n) is 2.17. The van der Waals surface area contributed by atoms with Crippen LogP contribution in [0.1, 0.15) is 58.4 Å². The molecule has 24 heavy (non-hydrogen) atoms. The first-order valence-electron chi connectivity index (χ1n) is 8.43. The summed E-state index contributed by atoms with van der Waals surface area (Å²) in [5, 5.41) is 9.23. The first kappa shape index (κ1) is 19.7. The molecule has 0 bridgehead atoms. The van der Waals surface area contributed by atoms with Gasteiger partial charge in [-0.1, -0.05) is 32.8 Å². The summed E-state index contributed by atoms with van der Waals surface area (Å²) in [5.41, 5.74) is 1.05. The predicted molar refractivity (Wildman–Crippen MR) is 93.3 cm³/mol. The standard InChI is InChI=1S/C19H26O5/c1-4-7-9-18(20)24-16-11-10-14(13-17(16)23-6-3)12-15(8-5-2)19(21)22/h10-13H,4-9H2,1-3H3,(H,21,22). The van der Waals surface area contributed by atoms with Gasteiger partial charge >= 0.3 is 11.9 Å². The first-order valence-corrected chi connectivity index (χ1v) is 8.43. The molecule has 0 saturated carbocycles. The van der Waals surface area contributed by atoms with E-state index < -0.39 is 5.97 Å². The van der Waals surface area contributed by atoms with E-state index in [9.17, 15) is 14.7 Å². The maximum absolute atomic E-state index is 11.8. The van der Waals surface area contributed by atoms with Crippen LogP contribution in [0.4, 0.5) is 0 Å². The second-order valence-corrected chi connectivity index (χ2v) is 5.44. The van der Waals surface area contributed by atoms with Gasteiger partial charge in [0.2, 0.25) is 0 Å². The van der Waals surface area contributed by atoms with Crippen molar-refractivity contribution in [2.24, 2.45) is 0 Å². The molecule has 0 aromatic heterocycles. The van der Waals surface area contributed by atoms with Gasteiger partial charge in [-0.3, -0.25) is 4.79 Å². The minimum Gasteiger partial charge on any atom is -0.490 e. The highest BCUT2D eigenvalue weighted by atomic mass is 16.6. The minimum absolute atomic E-state index is 0.293. The summed E-state index contributed by atoms with van der Waals surface area (Å²) in [6.45, 7) is 6.20. The highest BCUT2D eigenvalue weighted by Gasteiger charge is 2.12. The van der Waals surface area contributed by atoms with Crippen LogP contribution in [0.2, 0.25) is 0 Å². The molecule has 5 heteroatoms. The molecule has 1 N–H and O–H groups in total. The maximum Gasteiger partial charge on any atom is 0.331 e. The molecule has 1 aromatic carbocycles. The van der Waals surface area contributed by atoms with Gasteiger partial charge in [0.15, 0.2) is 11.5 Å². The number of rotatable bonds is 10. The number of carboxylic acids is 1. The molecule has 0 heterocycles. The molecule has 0 saturated heterocycles. The van der Waals surface area contributed by atoms with Gasteiger partial charge in [-0.05, 0) is 43.5 Å². The van der Waals surface area contributed by atoms with Crippen molar-refractivity contribution in [3.8, 4) is 11.5 Å². The van der Waals surface area contributed by atoms with E-state index in [2.05, 4.69) is 0 Å². The van der Waals surface area contributed by atoms with Crippen molar-refractivity contribution in [3.63, 3.8) is 0 Å². The molecule has 0 aliphatic carbocycles. The summed E-state index contributed by atoms with van der Waals surface area (Å²) in [7, 11) is 0. The van der Waals surface area contributed by atoms with Crippen molar-refractivity contribution in [1.82, 2.24) is 0 Å². The Labute approximate surface area is 143 Å². The lowest BCUT2D eigenvalue weighted by molar-refractivity contribution is -0.135. The van der Waals surface area contributed by atoms with Crippen LogP contribution in [0, 0.1) is 0 Å². The SMILES string of the molecule is CCCCC(=O)Oc1ccc(C=C(CCC)C(=O)O)cc1OCC. The summed E-state index contributed by atoms with van der Waals surface area (Å²) in [5.74, 6) is -0.414. The second-order valence-electron chi connectivity index (χ2n) is 5.44. The van der Waals surface area contributed by atoms with Crippen molar-refractivity contribution >= 4 is 18.0 Å². The highest BCUT2D eigenvalue weighted by molar-refractivity contribution is 5.92. The molecule has 0 unspecified atom stereocenters. The van der Waals surface area contributed by atoms with Crippen molar-refractivity contribution in [1.29, 1.82) is 0 Å². The average molecular weight is 334 g/mol. The summed E-state index contributed by atoms with van der Waals surface area (Å²) in [6, 6.07) is 5.07. The van der Waals surface area contributed by atoms with Crippen molar-refractivity contribution in [2.75, 3.05) is 6.61 Å². The normalized spacial score (nSPS) is 11.2. The lowest BCUT2D eigenvalue weighted by atomic mass is 10.1. The van der Waals surface area contributed by atoms with Crippen LogP contribution in [0.5, 0.6) is 11.5 Å². The first-order chi connectivity index (χ1) is 11.5. The van der Waals surface area contributed by atoms with Crippen LogP contribution in [-0.2, 0) is 9.59 Å². The zero-order chi connectivity index (χ0) is 17.9. The molecule has 0 amide bonds. The molecule has 0 spiro atoms. The van der Waals surface area contributed by atoms with Crippen molar-refractivity contribution < 1.29 is 24.2 Å². The lowest BCUT2D eigenvalue weighted by Crippen LogP contribution is -2.09. The summed E-state index contributed by atoms with van der Waals surface area (Å²) >= 11 is 0. The second kappa shape index (κ2) is 10.5. The van der Waals surface area contributed by atoms with E-state index in [1.807, 2.05) is 20.8 Å². The minimum atomic E-state index is -0.926. The zero-order valence-electron chi connectivity index (χ0n) is 14.6. The zero-order valence-corrected chi connectivity index (χ0v) is 14.6. The Balaban J connectivity index is 3.03. The third-order valence-corrected chi connectivity index (χ3v) is 3.36. The fraction of sp³-hybridized carbons (Fsp3) is 0.474. The van der Waals surface area contributed by atoms with Crippen LogP contribution < -0.4 is 9.47 Å². The molecule has 0 radical (unpaired) electrons. The third-order valence-electron chi connectivity index (χ3n) is 3.36. The number of hydrogen-bond donors (Lipinski definition) is 1. The van der Waals surface area contributed by atoms with Gasteiger partial charge in [0.25, 0.3) is 0 Å². The van der Waals surface area contributed by atoms with Gasteiger partial charge < -0.3 is 14.6 Å². The van der Waals surface area contributed by atoms with E-state index in [1.165, 1.54) is 0 Å².